The van der Waals surface area contributed by atoms with E-state index < -0.39 is 11.8 Å². The van der Waals surface area contributed by atoms with Crippen molar-refractivity contribution in [3.63, 3.8) is 0 Å². The molecule has 2 amide bonds. The van der Waals surface area contributed by atoms with Crippen LogP contribution in [-0.4, -0.2) is 28.6 Å². The smallest absolute Gasteiger partial charge is 0.270 e. The second-order valence-corrected chi connectivity index (χ2v) is 5.59. The van der Waals surface area contributed by atoms with Gasteiger partial charge >= 0.3 is 0 Å². The molecule has 2 heterocycles. The number of hydrogen-bond donors (Lipinski definition) is 1. The first kappa shape index (κ1) is 15.9. The van der Waals surface area contributed by atoms with Crippen LogP contribution >= 0.6 is 12.2 Å². The first-order valence-corrected chi connectivity index (χ1v) is 7.59. The summed E-state index contributed by atoms with van der Waals surface area (Å²) < 4.78 is 6.93. The lowest BCUT2D eigenvalue weighted by atomic mass is 10.1. The number of aromatic nitrogens is 1. The molecule has 1 aromatic heterocycles. The number of thiocarbonyl (C=S) groups is 1. The van der Waals surface area contributed by atoms with E-state index in [0.29, 0.717) is 11.4 Å². The fraction of sp³-hybridized carbons (Fsp3) is 0.118. The number of carbonyl (C=O) groups excluding carboxylic acids is 2. The van der Waals surface area contributed by atoms with Crippen molar-refractivity contribution in [1.29, 1.82) is 0 Å². The molecule has 0 unspecified atom stereocenters. The average molecular weight is 341 g/mol. The summed E-state index contributed by atoms with van der Waals surface area (Å²) in [6.07, 6.45) is 3.39. The zero-order valence-electron chi connectivity index (χ0n) is 13.1. The molecule has 1 aromatic carbocycles. The molecule has 0 atom stereocenters. The second kappa shape index (κ2) is 6.29. The molecule has 7 heteroatoms. The Labute approximate surface area is 144 Å². The quantitative estimate of drug-likeness (QED) is 0.526. The van der Waals surface area contributed by atoms with Crippen LogP contribution in [0.25, 0.3) is 6.08 Å². The summed E-state index contributed by atoms with van der Waals surface area (Å²) in [4.78, 5) is 26.3. The standard InChI is InChI=1S/C17H15N3O3S/c1-19-9-3-4-12(19)10-14-15(21)18-17(24)20(16(14)22)11-5-7-13(23-2)8-6-11/h3-10H,1-2H3,(H,18,21,24)/b14-10-. The minimum atomic E-state index is -0.504. The van der Waals surface area contributed by atoms with E-state index in [-0.39, 0.29) is 10.7 Å². The van der Waals surface area contributed by atoms with E-state index >= 15 is 0 Å². The number of rotatable bonds is 3. The van der Waals surface area contributed by atoms with Crippen molar-refractivity contribution in [2.75, 3.05) is 12.0 Å². The number of carbonyl (C=O) groups is 2. The Hall–Kier alpha value is -2.93. The summed E-state index contributed by atoms with van der Waals surface area (Å²) in [6.45, 7) is 0. The highest BCUT2D eigenvalue weighted by Crippen LogP contribution is 2.24. The van der Waals surface area contributed by atoms with Crippen LogP contribution < -0.4 is 15.0 Å². The molecule has 1 fully saturated rings. The highest BCUT2D eigenvalue weighted by molar-refractivity contribution is 7.80. The van der Waals surface area contributed by atoms with E-state index in [0.717, 1.165) is 5.69 Å². The summed E-state index contributed by atoms with van der Waals surface area (Å²) in [5.74, 6) is -0.302. The van der Waals surface area contributed by atoms with Crippen molar-refractivity contribution in [2.45, 2.75) is 0 Å². The number of methoxy groups -OCH3 is 1. The minimum absolute atomic E-state index is 0.0289. The van der Waals surface area contributed by atoms with E-state index in [1.807, 2.05) is 29.9 Å². The Morgan fingerprint density at radius 2 is 1.88 bits per heavy atom. The van der Waals surface area contributed by atoms with Gasteiger partial charge in [0.1, 0.15) is 11.3 Å². The molecule has 24 heavy (non-hydrogen) atoms. The molecule has 0 bridgehead atoms. The maximum atomic E-state index is 12.8. The highest BCUT2D eigenvalue weighted by Gasteiger charge is 2.34. The lowest BCUT2D eigenvalue weighted by Crippen LogP contribution is -2.54. The highest BCUT2D eigenvalue weighted by atomic mass is 32.1. The van der Waals surface area contributed by atoms with Gasteiger partial charge in [-0.2, -0.15) is 0 Å². The van der Waals surface area contributed by atoms with Gasteiger partial charge in [0, 0.05) is 18.9 Å². The fourth-order valence-corrected chi connectivity index (χ4v) is 2.68. The lowest BCUT2D eigenvalue weighted by molar-refractivity contribution is -0.122. The summed E-state index contributed by atoms with van der Waals surface area (Å²) >= 11 is 5.16. The van der Waals surface area contributed by atoms with E-state index in [4.69, 9.17) is 17.0 Å². The summed E-state index contributed by atoms with van der Waals surface area (Å²) in [6, 6.07) is 10.5. The Morgan fingerprint density at radius 3 is 2.46 bits per heavy atom. The normalized spacial score (nSPS) is 16.5. The van der Waals surface area contributed by atoms with E-state index in [9.17, 15) is 9.59 Å². The SMILES string of the molecule is COc1ccc(N2C(=O)/C(=C\c3cccn3C)C(=O)NC2=S)cc1. The molecular formula is C17H15N3O3S. The van der Waals surface area contributed by atoms with Crippen molar-refractivity contribution < 1.29 is 14.3 Å². The topological polar surface area (TPSA) is 63.6 Å². The van der Waals surface area contributed by atoms with Crippen LogP contribution in [0.3, 0.4) is 0 Å². The monoisotopic (exact) mass is 341 g/mol. The number of hydrogen-bond acceptors (Lipinski definition) is 4. The first-order chi connectivity index (χ1) is 11.5. The third-order valence-electron chi connectivity index (χ3n) is 3.71. The summed E-state index contributed by atoms with van der Waals surface area (Å²) in [5, 5.41) is 2.61. The number of aryl methyl sites for hydroxylation is 1. The first-order valence-electron chi connectivity index (χ1n) is 7.18. The fourth-order valence-electron chi connectivity index (χ4n) is 2.40. The Kier molecular flexibility index (Phi) is 4.18. The maximum Gasteiger partial charge on any atom is 0.270 e. The predicted molar refractivity (Wildman–Crippen MR) is 94.6 cm³/mol. The van der Waals surface area contributed by atoms with Crippen LogP contribution in [0.4, 0.5) is 5.69 Å². The van der Waals surface area contributed by atoms with Crippen LogP contribution in [0, 0.1) is 0 Å². The summed E-state index contributed by atoms with van der Waals surface area (Å²) in [7, 11) is 3.40. The maximum absolute atomic E-state index is 12.8. The van der Waals surface area contributed by atoms with Gasteiger partial charge in [-0.3, -0.25) is 19.8 Å². The molecule has 1 saturated heterocycles. The molecule has 3 rings (SSSR count). The third-order valence-corrected chi connectivity index (χ3v) is 3.99. The van der Waals surface area contributed by atoms with Crippen molar-refractivity contribution in [3.05, 3.63) is 53.9 Å². The summed E-state index contributed by atoms with van der Waals surface area (Å²) in [5.41, 5.74) is 1.33. The van der Waals surface area contributed by atoms with Crippen LogP contribution in [0.15, 0.2) is 48.2 Å². The number of benzene rings is 1. The Balaban J connectivity index is 1.99. The Bertz CT molecular complexity index is 852. The molecule has 1 aliphatic rings. The molecular weight excluding hydrogens is 326 g/mol. The van der Waals surface area contributed by atoms with Gasteiger partial charge in [0.15, 0.2) is 5.11 Å². The van der Waals surface area contributed by atoms with Crippen molar-refractivity contribution >= 4 is 40.9 Å². The van der Waals surface area contributed by atoms with Crippen LogP contribution in [0.5, 0.6) is 5.75 Å². The van der Waals surface area contributed by atoms with Crippen LogP contribution in [0.2, 0.25) is 0 Å². The van der Waals surface area contributed by atoms with Crippen LogP contribution in [-0.2, 0) is 16.6 Å². The van der Waals surface area contributed by atoms with Gasteiger partial charge in [-0.15, -0.1) is 0 Å². The molecule has 122 valence electrons. The zero-order valence-corrected chi connectivity index (χ0v) is 14.0. The lowest BCUT2D eigenvalue weighted by Gasteiger charge is -2.29. The van der Waals surface area contributed by atoms with Gasteiger partial charge in [0.25, 0.3) is 11.8 Å². The molecule has 1 N–H and O–H groups in total. The number of ether oxygens (including phenoxy) is 1. The number of anilines is 1. The largest absolute Gasteiger partial charge is 0.497 e. The van der Waals surface area contributed by atoms with E-state index in [2.05, 4.69) is 5.32 Å². The van der Waals surface area contributed by atoms with Crippen molar-refractivity contribution in [3.8, 4) is 5.75 Å². The Morgan fingerprint density at radius 1 is 1.17 bits per heavy atom. The molecule has 0 saturated carbocycles. The average Bonchev–Trinajstić information content (AvgIpc) is 2.97. The number of amides is 2. The molecule has 0 radical (unpaired) electrons. The van der Waals surface area contributed by atoms with Gasteiger partial charge in [0.05, 0.1) is 12.8 Å². The number of nitrogens with one attached hydrogen (secondary N) is 1. The van der Waals surface area contributed by atoms with E-state index in [1.54, 1.807) is 37.5 Å². The van der Waals surface area contributed by atoms with Gasteiger partial charge in [-0.05, 0) is 54.7 Å². The molecule has 0 aliphatic carbocycles. The molecule has 2 aromatic rings. The zero-order chi connectivity index (χ0) is 17.3. The van der Waals surface area contributed by atoms with Gasteiger partial charge in [-0.1, -0.05) is 0 Å². The van der Waals surface area contributed by atoms with Gasteiger partial charge in [0.2, 0.25) is 0 Å². The van der Waals surface area contributed by atoms with Crippen LogP contribution in [0.1, 0.15) is 5.69 Å². The van der Waals surface area contributed by atoms with E-state index in [1.165, 1.54) is 4.90 Å². The molecule has 0 spiro atoms. The van der Waals surface area contributed by atoms with Crippen molar-refractivity contribution in [1.82, 2.24) is 9.88 Å². The minimum Gasteiger partial charge on any atom is -0.497 e. The second-order valence-electron chi connectivity index (χ2n) is 5.20. The molecule has 1 aliphatic heterocycles. The van der Waals surface area contributed by atoms with Crippen molar-refractivity contribution in [2.24, 2.45) is 7.05 Å². The van der Waals surface area contributed by atoms with Gasteiger partial charge in [-0.25, -0.2) is 0 Å². The third kappa shape index (κ3) is 2.81. The predicted octanol–water partition coefficient (Wildman–Crippen LogP) is 1.86. The number of nitrogens with zero attached hydrogens (tertiary/aromatic N) is 2. The van der Waals surface area contributed by atoms with Gasteiger partial charge < -0.3 is 9.30 Å². The molecule has 6 nitrogen and oxygen atoms in total.